The topological polar surface area (TPSA) is 20.2 Å². The summed E-state index contributed by atoms with van der Waals surface area (Å²) >= 11 is 1.19. The smallest absolute Gasteiger partial charge is 0.379 e. The van der Waals surface area contributed by atoms with Gasteiger partial charge in [-0.2, -0.15) is 13.2 Å². The Morgan fingerprint density at radius 3 is 2.42 bits per heavy atom. The average Bonchev–Trinajstić information content (AvgIpc) is 2.32. The maximum absolute atomic E-state index is 11.9. The number of aliphatic hydroxyl groups is 1. The lowest BCUT2D eigenvalue weighted by atomic mass is 10.2. The first kappa shape index (κ1) is 9.54. The lowest BCUT2D eigenvalue weighted by molar-refractivity contribution is -0.206. The molecule has 5 heteroatoms. The van der Waals surface area contributed by atoms with Crippen molar-refractivity contribution in [3.05, 3.63) is 21.9 Å². The van der Waals surface area contributed by atoms with E-state index in [2.05, 4.69) is 0 Å². The van der Waals surface area contributed by atoms with Crippen LogP contribution in [0, 0.1) is 6.92 Å². The summed E-state index contributed by atoms with van der Waals surface area (Å²) in [5.41, 5.74) is -0.0787. The van der Waals surface area contributed by atoms with Gasteiger partial charge in [0.25, 0.3) is 0 Å². The van der Waals surface area contributed by atoms with Gasteiger partial charge in [-0.15, -0.1) is 11.3 Å². The maximum Gasteiger partial charge on any atom is 0.418 e. The number of hydrogen-bond acceptors (Lipinski definition) is 2. The fourth-order valence-electron chi connectivity index (χ4n) is 0.796. The van der Waals surface area contributed by atoms with Crippen molar-refractivity contribution in [2.75, 3.05) is 0 Å². The Morgan fingerprint density at radius 1 is 1.50 bits per heavy atom. The van der Waals surface area contributed by atoms with E-state index in [1.807, 2.05) is 0 Å². The molecule has 0 spiro atoms. The molecule has 0 bridgehead atoms. The molecule has 0 aliphatic heterocycles. The standard InChI is InChI=1S/C7H7F3OS/c1-4-2-5(3-12-4)6(11)7(8,9)10/h2-3,6,11H,1H3/t6-/m1/s1. The number of hydrogen-bond donors (Lipinski definition) is 1. The summed E-state index contributed by atoms with van der Waals surface area (Å²) in [5, 5.41) is 10.1. The van der Waals surface area contributed by atoms with E-state index in [1.165, 1.54) is 22.8 Å². The van der Waals surface area contributed by atoms with Crippen molar-refractivity contribution in [2.24, 2.45) is 0 Å². The van der Waals surface area contributed by atoms with Gasteiger partial charge < -0.3 is 5.11 Å². The van der Waals surface area contributed by atoms with Crippen molar-refractivity contribution in [3.63, 3.8) is 0 Å². The molecule has 0 radical (unpaired) electrons. The lowest BCUT2D eigenvalue weighted by Crippen LogP contribution is -2.19. The maximum atomic E-state index is 11.9. The molecule has 68 valence electrons. The largest absolute Gasteiger partial charge is 0.418 e. The molecule has 1 atom stereocenters. The number of thiophene rings is 1. The highest BCUT2D eigenvalue weighted by Gasteiger charge is 2.39. The van der Waals surface area contributed by atoms with Gasteiger partial charge in [0, 0.05) is 10.4 Å². The van der Waals surface area contributed by atoms with Crippen molar-refractivity contribution in [1.29, 1.82) is 0 Å². The lowest BCUT2D eigenvalue weighted by Gasteiger charge is -2.12. The van der Waals surface area contributed by atoms with Crippen molar-refractivity contribution in [1.82, 2.24) is 0 Å². The highest BCUT2D eigenvalue weighted by Crippen LogP contribution is 2.34. The summed E-state index contributed by atoms with van der Waals surface area (Å²) in [6.45, 7) is 1.69. The summed E-state index contributed by atoms with van der Waals surface area (Å²) in [4.78, 5) is 0.758. The molecule has 0 amide bonds. The molecule has 0 fully saturated rings. The van der Waals surface area contributed by atoms with Crippen LogP contribution >= 0.6 is 11.3 Å². The second kappa shape index (κ2) is 3.06. The van der Waals surface area contributed by atoms with Crippen molar-refractivity contribution < 1.29 is 18.3 Å². The third-order valence-corrected chi connectivity index (χ3v) is 2.26. The molecule has 0 saturated heterocycles. The Kier molecular flexibility index (Phi) is 2.44. The molecule has 0 aliphatic carbocycles. The Balaban J connectivity index is 2.85. The van der Waals surface area contributed by atoms with Crippen LogP contribution in [-0.4, -0.2) is 11.3 Å². The highest BCUT2D eigenvalue weighted by atomic mass is 32.1. The quantitative estimate of drug-likeness (QED) is 0.732. The average molecular weight is 196 g/mol. The van der Waals surface area contributed by atoms with E-state index in [-0.39, 0.29) is 5.56 Å². The van der Waals surface area contributed by atoms with E-state index in [4.69, 9.17) is 5.11 Å². The fraction of sp³-hybridized carbons (Fsp3) is 0.429. The molecule has 0 aliphatic rings. The van der Waals surface area contributed by atoms with Gasteiger partial charge in [0.2, 0.25) is 0 Å². The molecule has 1 aromatic rings. The molecule has 1 aromatic heterocycles. The number of aliphatic hydroxyl groups excluding tert-OH is 1. The SMILES string of the molecule is Cc1cc([C@@H](O)C(F)(F)F)cs1. The number of rotatable bonds is 1. The zero-order valence-electron chi connectivity index (χ0n) is 6.22. The van der Waals surface area contributed by atoms with Gasteiger partial charge in [0.15, 0.2) is 6.10 Å². The minimum atomic E-state index is -4.56. The van der Waals surface area contributed by atoms with Crippen LogP contribution in [-0.2, 0) is 0 Å². The van der Waals surface area contributed by atoms with Gasteiger partial charge >= 0.3 is 6.18 Å². The Bertz CT molecular complexity index is 266. The molecule has 1 nitrogen and oxygen atoms in total. The first-order valence-electron chi connectivity index (χ1n) is 3.21. The van der Waals surface area contributed by atoms with E-state index in [1.54, 1.807) is 6.92 Å². The molecular weight excluding hydrogens is 189 g/mol. The van der Waals surface area contributed by atoms with Crippen LogP contribution in [0.25, 0.3) is 0 Å². The first-order valence-corrected chi connectivity index (χ1v) is 4.09. The Hall–Kier alpha value is -0.550. The van der Waals surface area contributed by atoms with Gasteiger partial charge in [-0.25, -0.2) is 0 Å². The van der Waals surface area contributed by atoms with Gasteiger partial charge in [-0.3, -0.25) is 0 Å². The number of aryl methyl sites for hydroxylation is 1. The first-order chi connectivity index (χ1) is 5.41. The zero-order chi connectivity index (χ0) is 9.35. The monoisotopic (exact) mass is 196 g/mol. The second-order valence-electron chi connectivity index (χ2n) is 2.43. The van der Waals surface area contributed by atoms with Crippen LogP contribution in [0.5, 0.6) is 0 Å². The minimum Gasteiger partial charge on any atom is -0.379 e. The second-order valence-corrected chi connectivity index (χ2v) is 3.55. The highest BCUT2D eigenvalue weighted by molar-refractivity contribution is 7.10. The van der Waals surface area contributed by atoms with Crippen LogP contribution in [0.3, 0.4) is 0 Å². The van der Waals surface area contributed by atoms with E-state index in [0.29, 0.717) is 0 Å². The molecule has 1 rings (SSSR count). The van der Waals surface area contributed by atoms with Crippen LogP contribution in [0.15, 0.2) is 11.4 Å². The molecule has 1 N–H and O–H groups in total. The van der Waals surface area contributed by atoms with E-state index in [0.717, 1.165) is 4.88 Å². The van der Waals surface area contributed by atoms with Gasteiger partial charge in [-0.05, 0) is 18.4 Å². The van der Waals surface area contributed by atoms with Crippen LogP contribution in [0.1, 0.15) is 16.5 Å². The summed E-state index contributed by atoms with van der Waals surface area (Å²) in [7, 11) is 0. The Labute approximate surface area is 71.5 Å². The predicted octanol–water partition coefficient (Wildman–Crippen LogP) is 2.65. The fourth-order valence-corrected chi connectivity index (χ4v) is 1.52. The minimum absolute atomic E-state index is 0.0787. The van der Waals surface area contributed by atoms with E-state index >= 15 is 0 Å². The summed E-state index contributed by atoms with van der Waals surface area (Å²) < 4.78 is 35.7. The number of halogens is 3. The summed E-state index contributed by atoms with van der Waals surface area (Å²) in [5.74, 6) is 0. The number of alkyl halides is 3. The van der Waals surface area contributed by atoms with E-state index in [9.17, 15) is 13.2 Å². The van der Waals surface area contributed by atoms with E-state index < -0.39 is 12.3 Å². The third-order valence-electron chi connectivity index (χ3n) is 1.38. The summed E-state index contributed by atoms with van der Waals surface area (Å²) in [6, 6.07) is 1.34. The molecule has 0 aromatic carbocycles. The summed E-state index contributed by atoms with van der Waals surface area (Å²) in [6.07, 6.45) is -6.91. The normalized spacial score (nSPS) is 14.8. The van der Waals surface area contributed by atoms with Crippen LogP contribution in [0.2, 0.25) is 0 Å². The molecule has 0 unspecified atom stereocenters. The van der Waals surface area contributed by atoms with Gasteiger partial charge in [0.05, 0.1) is 0 Å². The molecule has 0 saturated carbocycles. The predicted molar refractivity (Wildman–Crippen MR) is 40.1 cm³/mol. The van der Waals surface area contributed by atoms with Crippen LogP contribution in [0.4, 0.5) is 13.2 Å². The van der Waals surface area contributed by atoms with Crippen molar-refractivity contribution >= 4 is 11.3 Å². The van der Waals surface area contributed by atoms with Gasteiger partial charge in [-0.1, -0.05) is 0 Å². The third kappa shape index (κ3) is 1.98. The Morgan fingerprint density at radius 2 is 2.08 bits per heavy atom. The zero-order valence-corrected chi connectivity index (χ0v) is 7.04. The van der Waals surface area contributed by atoms with Crippen LogP contribution < -0.4 is 0 Å². The van der Waals surface area contributed by atoms with Crippen molar-refractivity contribution in [2.45, 2.75) is 19.2 Å². The van der Waals surface area contributed by atoms with Gasteiger partial charge in [0.1, 0.15) is 0 Å². The molecule has 1 heterocycles. The molecular formula is C7H7F3OS. The molecule has 12 heavy (non-hydrogen) atoms. The van der Waals surface area contributed by atoms with Crippen molar-refractivity contribution in [3.8, 4) is 0 Å².